The Labute approximate surface area is 171 Å². The molecule has 2 saturated heterocycles. The molecule has 3 heterocycles. The number of piperidine rings is 1. The van der Waals surface area contributed by atoms with Crippen molar-refractivity contribution in [1.82, 2.24) is 14.8 Å². The predicted octanol–water partition coefficient (Wildman–Crippen LogP) is 3.54. The molecule has 4 rings (SSSR count). The van der Waals surface area contributed by atoms with E-state index < -0.39 is 0 Å². The van der Waals surface area contributed by atoms with E-state index in [4.69, 9.17) is 4.42 Å². The van der Waals surface area contributed by atoms with Gasteiger partial charge in [0.25, 0.3) is 5.91 Å². The van der Waals surface area contributed by atoms with Crippen LogP contribution in [0.15, 0.2) is 34.9 Å². The lowest BCUT2D eigenvalue weighted by atomic mass is 10.00. The van der Waals surface area contributed by atoms with Crippen LogP contribution in [0, 0.1) is 5.82 Å². The van der Waals surface area contributed by atoms with Crippen molar-refractivity contribution in [1.29, 1.82) is 0 Å². The number of nitrogens with zero attached hydrogens (tertiary/aromatic N) is 4. The SMILES string of the molecule is CCC1CCCCN1C(=O)c1coc(CN2CCN(c3ccccc3F)CC2)n1. The van der Waals surface area contributed by atoms with E-state index >= 15 is 0 Å². The molecule has 2 aliphatic rings. The molecule has 0 aliphatic carbocycles. The van der Waals surface area contributed by atoms with Crippen LogP contribution in [0.2, 0.25) is 0 Å². The summed E-state index contributed by atoms with van der Waals surface area (Å²) in [5, 5.41) is 0. The van der Waals surface area contributed by atoms with Gasteiger partial charge in [0.15, 0.2) is 5.69 Å². The minimum atomic E-state index is -0.181. The van der Waals surface area contributed by atoms with Crippen LogP contribution in [0.4, 0.5) is 10.1 Å². The minimum Gasteiger partial charge on any atom is -0.447 e. The summed E-state index contributed by atoms with van der Waals surface area (Å²) in [5.41, 5.74) is 1.06. The van der Waals surface area contributed by atoms with Crippen LogP contribution in [0.1, 0.15) is 49.0 Å². The number of aromatic nitrogens is 1. The lowest BCUT2D eigenvalue weighted by molar-refractivity contribution is 0.0602. The summed E-state index contributed by atoms with van der Waals surface area (Å²) < 4.78 is 19.6. The Bertz CT molecular complexity index is 832. The third-order valence-electron chi connectivity index (χ3n) is 6.05. The summed E-state index contributed by atoms with van der Waals surface area (Å²) in [6, 6.07) is 7.20. The monoisotopic (exact) mass is 400 g/mol. The van der Waals surface area contributed by atoms with Gasteiger partial charge in [-0.1, -0.05) is 19.1 Å². The minimum absolute atomic E-state index is 0.0177. The molecule has 1 unspecified atom stereocenters. The zero-order valence-electron chi connectivity index (χ0n) is 17.0. The topological polar surface area (TPSA) is 52.8 Å². The van der Waals surface area contributed by atoms with Crippen LogP contribution >= 0.6 is 0 Å². The summed E-state index contributed by atoms with van der Waals surface area (Å²) in [4.78, 5) is 23.6. The second-order valence-corrected chi connectivity index (χ2v) is 7.90. The number of oxazole rings is 1. The standard InChI is InChI=1S/C22H29FN4O2/c1-2-17-7-5-6-10-27(17)22(28)19-16-29-21(24-19)15-25-11-13-26(14-12-25)20-9-4-3-8-18(20)23/h3-4,8-9,16-17H,2,5-7,10-15H2,1H3. The molecular weight excluding hydrogens is 371 g/mol. The van der Waals surface area contributed by atoms with Crippen LogP contribution in [0.3, 0.4) is 0 Å². The van der Waals surface area contributed by atoms with Crippen molar-refractivity contribution < 1.29 is 13.6 Å². The molecule has 0 N–H and O–H groups in total. The number of benzene rings is 1. The number of rotatable bonds is 5. The highest BCUT2D eigenvalue weighted by Gasteiger charge is 2.28. The largest absolute Gasteiger partial charge is 0.447 e. The van der Waals surface area contributed by atoms with Gasteiger partial charge in [0.2, 0.25) is 5.89 Å². The van der Waals surface area contributed by atoms with Gasteiger partial charge in [0.1, 0.15) is 12.1 Å². The molecule has 29 heavy (non-hydrogen) atoms. The third-order valence-corrected chi connectivity index (χ3v) is 6.05. The van der Waals surface area contributed by atoms with Gasteiger partial charge in [-0.25, -0.2) is 9.37 Å². The van der Waals surface area contributed by atoms with Gasteiger partial charge < -0.3 is 14.2 Å². The fourth-order valence-electron chi connectivity index (χ4n) is 4.37. The number of carbonyl (C=O) groups excluding carboxylic acids is 1. The summed E-state index contributed by atoms with van der Waals surface area (Å²) in [7, 11) is 0. The first-order valence-electron chi connectivity index (χ1n) is 10.6. The van der Waals surface area contributed by atoms with E-state index in [1.165, 1.54) is 18.8 Å². The van der Waals surface area contributed by atoms with E-state index in [0.717, 1.165) is 52.0 Å². The van der Waals surface area contributed by atoms with Crippen molar-refractivity contribution in [2.75, 3.05) is 37.6 Å². The molecule has 0 radical (unpaired) electrons. The molecule has 1 atom stereocenters. The number of carbonyl (C=O) groups is 1. The van der Waals surface area contributed by atoms with Gasteiger partial charge in [-0.2, -0.15) is 0 Å². The van der Waals surface area contributed by atoms with Crippen LogP contribution in [-0.4, -0.2) is 59.5 Å². The quantitative estimate of drug-likeness (QED) is 0.768. The maximum Gasteiger partial charge on any atom is 0.276 e. The molecule has 1 amide bonds. The van der Waals surface area contributed by atoms with Gasteiger partial charge in [-0.15, -0.1) is 0 Å². The first-order chi connectivity index (χ1) is 14.2. The Kier molecular flexibility index (Phi) is 6.13. The Morgan fingerprint density at radius 3 is 2.72 bits per heavy atom. The first-order valence-corrected chi connectivity index (χ1v) is 10.6. The van der Waals surface area contributed by atoms with Crippen molar-refractivity contribution in [3.63, 3.8) is 0 Å². The van der Waals surface area contributed by atoms with E-state index in [0.29, 0.717) is 29.9 Å². The molecule has 2 fully saturated rings. The average Bonchev–Trinajstić information content (AvgIpc) is 3.23. The van der Waals surface area contributed by atoms with Crippen LogP contribution in [0.25, 0.3) is 0 Å². The molecular formula is C22H29FN4O2. The van der Waals surface area contributed by atoms with Crippen molar-refractivity contribution >= 4 is 11.6 Å². The van der Waals surface area contributed by atoms with Crippen molar-refractivity contribution in [3.05, 3.63) is 47.9 Å². The number of halogens is 1. The molecule has 6 nitrogen and oxygen atoms in total. The summed E-state index contributed by atoms with van der Waals surface area (Å²) in [6.07, 6.45) is 5.78. The number of para-hydroxylation sites is 1. The van der Waals surface area contributed by atoms with Crippen LogP contribution in [0.5, 0.6) is 0 Å². The molecule has 1 aromatic heterocycles. The fraction of sp³-hybridized carbons (Fsp3) is 0.545. The summed E-state index contributed by atoms with van der Waals surface area (Å²) in [5.74, 6) is 0.369. The van der Waals surface area contributed by atoms with Crippen LogP contribution < -0.4 is 4.90 Å². The normalized spacial score (nSPS) is 20.8. The van der Waals surface area contributed by atoms with Crippen molar-refractivity contribution in [3.8, 4) is 0 Å². The van der Waals surface area contributed by atoms with Gasteiger partial charge in [-0.05, 0) is 37.8 Å². The molecule has 0 saturated carbocycles. The number of amides is 1. The molecule has 156 valence electrons. The highest BCUT2D eigenvalue weighted by Crippen LogP contribution is 2.23. The maximum absolute atomic E-state index is 14.0. The van der Waals surface area contributed by atoms with Crippen LogP contribution in [-0.2, 0) is 6.54 Å². The second-order valence-electron chi connectivity index (χ2n) is 7.90. The zero-order chi connectivity index (χ0) is 20.2. The smallest absolute Gasteiger partial charge is 0.276 e. The van der Waals surface area contributed by atoms with E-state index in [1.807, 2.05) is 17.0 Å². The lowest BCUT2D eigenvalue weighted by Crippen LogP contribution is -2.46. The highest BCUT2D eigenvalue weighted by atomic mass is 19.1. The molecule has 2 aromatic rings. The van der Waals surface area contributed by atoms with E-state index in [-0.39, 0.29) is 11.7 Å². The lowest BCUT2D eigenvalue weighted by Gasteiger charge is -2.35. The number of piperazine rings is 1. The second kappa shape index (κ2) is 8.95. The third kappa shape index (κ3) is 4.45. The van der Waals surface area contributed by atoms with Gasteiger partial charge >= 0.3 is 0 Å². The Morgan fingerprint density at radius 2 is 1.97 bits per heavy atom. The molecule has 1 aromatic carbocycles. The summed E-state index contributed by atoms with van der Waals surface area (Å²) >= 11 is 0. The van der Waals surface area contributed by atoms with Crippen molar-refractivity contribution in [2.45, 2.75) is 45.2 Å². The Hall–Kier alpha value is -2.41. The average molecular weight is 400 g/mol. The van der Waals surface area contributed by atoms with E-state index in [2.05, 4.69) is 21.7 Å². The summed E-state index contributed by atoms with van der Waals surface area (Å²) in [6.45, 7) is 6.59. The number of likely N-dealkylation sites (tertiary alicyclic amines) is 1. The fourth-order valence-corrected chi connectivity index (χ4v) is 4.37. The van der Waals surface area contributed by atoms with Gasteiger partial charge in [0, 0.05) is 38.8 Å². The van der Waals surface area contributed by atoms with Gasteiger partial charge in [-0.3, -0.25) is 9.69 Å². The van der Waals surface area contributed by atoms with E-state index in [1.54, 1.807) is 6.07 Å². The molecule has 0 bridgehead atoms. The van der Waals surface area contributed by atoms with E-state index in [9.17, 15) is 9.18 Å². The maximum atomic E-state index is 14.0. The number of hydrogen-bond donors (Lipinski definition) is 0. The number of hydrogen-bond acceptors (Lipinski definition) is 5. The predicted molar refractivity (Wildman–Crippen MR) is 109 cm³/mol. The molecule has 0 spiro atoms. The highest BCUT2D eigenvalue weighted by molar-refractivity contribution is 5.92. The molecule has 7 heteroatoms. The Morgan fingerprint density at radius 1 is 1.17 bits per heavy atom. The number of anilines is 1. The zero-order valence-corrected chi connectivity index (χ0v) is 17.0. The van der Waals surface area contributed by atoms with Crippen molar-refractivity contribution in [2.24, 2.45) is 0 Å². The Balaban J connectivity index is 1.33. The first kappa shape index (κ1) is 19.9. The molecule has 2 aliphatic heterocycles. The van der Waals surface area contributed by atoms with Gasteiger partial charge in [0.05, 0.1) is 12.2 Å².